The first-order chi connectivity index (χ1) is 11.0. The molecule has 4 aliphatic carbocycles. The molecule has 3 nitrogen and oxygen atoms in total. The minimum Gasteiger partial charge on any atom is -0.393 e. The van der Waals surface area contributed by atoms with Crippen LogP contribution in [0.4, 0.5) is 0 Å². The van der Waals surface area contributed by atoms with Gasteiger partial charge in [0.25, 0.3) is 0 Å². The van der Waals surface area contributed by atoms with Crippen molar-refractivity contribution in [3.63, 3.8) is 0 Å². The maximum absolute atomic E-state index is 11.0. The Kier molecular flexibility index (Phi) is 3.90. The van der Waals surface area contributed by atoms with E-state index in [4.69, 9.17) is 0 Å². The number of fused-ring (bicyclic) bond motifs is 5. The van der Waals surface area contributed by atoms with Crippen LogP contribution >= 0.6 is 0 Å². The third kappa shape index (κ3) is 2.19. The van der Waals surface area contributed by atoms with Gasteiger partial charge in [0.15, 0.2) is 0 Å². The van der Waals surface area contributed by atoms with Crippen LogP contribution in [0.15, 0.2) is 11.6 Å². The molecule has 0 spiro atoms. The van der Waals surface area contributed by atoms with Crippen LogP contribution in [0, 0.1) is 35.0 Å². The number of aliphatic hydroxyl groups is 3. The van der Waals surface area contributed by atoms with Crippen LogP contribution in [0.5, 0.6) is 0 Å². The van der Waals surface area contributed by atoms with Crippen molar-refractivity contribution in [3.8, 4) is 0 Å². The molecule has 0 amide bonds. The number of rotatable bonds is 0. The molecule has 0 aliphatic heterocycles. The molecule has 0 saturated heterocycles. The first-order valence-electron chi connectivity index (χ1n) is 9.67. The fourth-order valence-corrected chi connectivity index (χ4v) is 7.15. The quantitative estimate of drug-likeness (QED) is 0.602. The molecule has 4 fully saturated rings. The Labute approximate surface area is 139 Å². The van der Waals surface area contributed by atoms with E-state index >= 15 is 0 Å². The zero-order chi connectivity index (χ0) is 16.4. The lowest BCUT2D eigenvalue weighted by Gasteiger charge is -2.58. The van der Waals surface area contributed by atoms with Gasteiger partial charge in [-0.05, 0) is 86.9 Å². The minimum atomic E-state index is -0.645. The van der Waals surface area contributed by atoms with Gasteiger partial charge in [0.2, 0.25) is 0 Å². The van der Waals surface area contributed by atoms with Crippen molar-refractivity contribution in [2.45, 2.75) is 77.1 Å². The maximum Gasteiger partial charge on any atom is 0.0835 e. The molecule has 6 unspecified atom stereocenters. The molecule has 4 rings (SSSR count). The Morgan fingerprint density at radius 3 is 2.48 bits per heavy atom. The van der Waals surface area contributed by atoms with Crippen LogP contribution in [0.2, 0.25) is 0 Å². The summed E-state index contributed by atoms with van der Waals surface area (Å²) in [6.07, 6.45) is 8.07. The summed E-state index contributed by atoms with van der Waals surface area (Å²) >= 11 is 0. The highest BCUT2D eigenvalue weighted by Gasteiger charge is 2.60. The smallest absolute Gasteiger partial charge is 0.0835 e. The highest BCUT2D eigenvalue weighted by molar-refractivity contribution is 5.24. The Bertz CT molecular complexity index is 501. The van der Waals surface area contributed by atoms with Gasteiger partial charge in [0.05, 0.1) is 18.3 Å². The fraction of sp³-hybridized carbons (Fsp3) is 0.900. The lowest BCUT2D eigenvalue weighted by Crippen LogP contribution is -2.59. The van der Waals surface area contributed by atoms with Gasteiger partial charge in [-0.3, -0.25) is 0 Å². The van der Waals surface area contributed by atoms with E-state index in [-0.39, 0.29) is 23.4 Å². The monoisotopic (exact) mass is 320 g/mol. The summed E-state index contributed by atoms with van der Waals surface area (Å²) in [6.45, 7) is 4.55. The van der Waals surface area contributed by atoms with Crippen LogP contribution < -0.4 is 0 Å². The van der Waals surface area contributed by atoms with E-state index in [2.05, 4.69) is 19.9 Å². The molecular formula is C20H32O3. The number of hydrogen-bond donors (Lipinski definition) is 3. The first-order valence-corrected chi connectivity index (χ1v) is 9.67. The predicted molar refractivity (Wildman–Crippen MR) is 89.7 cm³/mol. The number of aliphatic hydroxyl groups excluding tert-OH is 3. The second-order valence-electron chi connectivity index (χ2n) is 8.93. The molecule has 4 aliphatic rings. The largest absolute Gasteiger partial charge is 0.393 e. The van der Waals surface area contributed by atoms with Crippen molar-refractivity contribution in [1.29, 1.82) is 0 Å². The van der Waals surface area contributed by atoms with Crippen molar-refractivity contribution in [2.75, 3.05) is 0 Å². The summed E-state index contributed by atoms with van der Waals surface area (Å²) in [7, 11) is 0. The van der Waals surface area contributed by atoms with Crippen LogP contribution in [0.25, 0.3) is 0 Å². The zero-order valence-electron chi connectivity index (χ0n) is 14.5. The first kappa shape index (κ1) is 16.1. The van der Waals surface area contributed by atoms with Crippen LogP contribution in [0.1, 0.15) is 58.8 Å². The average molecular weight is 320 g/mol. The van der Waals surface area contributed by atoms with Gasteiger partial charge in [0.1, 0.15) is 0 Å². The number of hydrogen-bond acceptors (Lipinski definition) is 3. The van der Waals surface area contributed by atoms with Gasteiger partial charge < -0.3 is 15.3 Å². The summed E-state index contributed by atoms with van der Waals surface area (Å²) in [5.74, 6) is 1.91. The third-order valence-corrected chi connectivity index (χ3v) is 8.24. The molecule has 3 N–H and O–H groups in total. The van der Waals surface area contributed by atoms with Crippen molar-refractivity contribution >= 4 is 0 Å². The highest BCUT2D eigenvalue weighted by Crippen LogP contribution is 2.64. The van der Waals surface area contributed by atoms with Crippen LogP contribution in [-0.2, 0) is 0 Å². The predicted octanol–water partition coefficient (Wildman–Crippen LogP) is 2.89. The average Bonchev–Trinajstić information content (AvgIpc) is 2.88. The molecule has 0 bridgehead atoms. The molecule has 3 heteroatoms. The van der Waals surface area contributed by atoms with Gasteiger partial charge >= 0.3 is 0 Å². The van der Waals surface area contributed by atoms with Crippen molar-refractivity contribution in [1.82, 2.24) is 0 Å². The summed E-state index contributed by atoms with van der Waals surface area (Å²) < 4.78 is 0. The highest BCUT2D eigenvalue weighted by atomic mass is 16.3. The molecule has 4 saturated carbocycles. The van der Waals surface area contributed by atoms with E-state index in [1.165, 1.54) is 19.3 Å². The number of allylic oxidation sites excluding steroid dienone is 2. The van der Waals surface area contributed by atoms with Crippen molar-refractivity contribution in [3.05, 3.63) is 11.6 Å². The maximum atomic E-state index is 11.0. The second-order valence-corrected chi connectivity index (χ2v) is 8.93. The van der Waals surface area contributed by atoms with E-state index in [9.17, 15) is 15.3 Å². The van der Waals surface area contributed by atoms with Gasteiger partial charge in [0, 0.05) is 0 Å². The summed E-state index contributed by atoms with van der Waals surface area (Å²) in [5.41, 5.74) is 1.81. The molecule has 0 heterocycles. The summed E-state index contributed by atoms with van der Waals surface area (Å²) in [5, 5.41) is 31.8. The molecule has 0 aromatic heterocycles. The molecule has 9 atom stereocenters. The standard InChI is InChI=1S/C20H32O3/c1-3-11-4-7-16-17-14(8-9-20(11,16)2)13-6-5-12(21)10-15(13)18(22)19(17)23/h3,12-19,21-23H,4-10H2,1-2H3/b11-3-/t12-,13?,14?,15?,16?,17?,18+,19?,20+/m0/s1. The van der Waals surface area contributed by atoms with Crippen LogP contribution in [-0.4, -0.2) is 33.6 Å². The van der Waals surface area contributed by atoms with E-state index in [1.54, 1.807) is 5.57 Å². The van der Waals surface area contributed by atoms with E-state index in [1.807, 2.05) is 0 Å². The molecule has 130 valence electrons. The van der Waals surface area contributed by atoms with Gasteiger partial charge in [-0.1, -0.05) is 18.6 Å². The molecule has 0 aromatic rings. The minimum absolute atomic E-state index is 0.0990. The molecular weight excluding hydrogens is 288 g/mol. The van der Waals surface area contributed by atoms with Gasteiger partial charge in [-0.15, -0.1) is 0 Å². The van der Waals surface area contributed by atoms with Gasteiger partial charge in [-0.2, -0.15) is 0 Å². The Morgan fingerprint density at radius 2 is 1.74 bits per heavy atom. The molecule has 0 radical (unpaired) electrons. The Morgan fingerprint density at radius 1 is 0.957 bits per heavy atom. The topological polar surface area (TPSA) is 60.7 Å². The van der Waals surface area contributed by atoms with E-state index < -0.39 is 12.2 Å². The SMILES string of the molecule is C/C=C1/CCC2C3C(CC[C@]12C)C1CC[C@H](O)CC1[C@@H](O)C3O. The second kappa shape index (κ2) is 5.57. The molecule has 23 heavy (non-hydrogen) atoms. The summed E-state index contributed by atoms with van der Waals surface area (Å²) in [6, 6.07) is 0. The lowest BCUT2D eigenvalue weighted by atomic mass is 9.48. The Hall–Kier alpha value is -0.380. The van der Waals surface area contributed by atoms with Crippen LogP contribution in [0.3, 0.4) is 0 Å². The third-order valence-electron chi connectivity index (χ3n) is 8.24. The van der Waals surface area contributed by atoms with Crippen molar-refractivity contribution < 1.29 is 15.3 Å². The van der Waals surface area contributed by atoms with Crippen molar-refractivity contribution in [2.24, 2.45) is 35.0 Å². The zero-order valence-corrected chi connectivity index (χ0v) is 14.5. The summed E-state index contributed by atoms with van der Waals surface area (Å²) in [4.78, 5) is 0. The molecule has 0 aromatic carbocycles. The van der Waals surface area contributed by atoms with E-state index in [0.717, 1.165) is 19.3 Å². The Balaban J connectivity index is 1.67. The lowest BCUT2D eigenvalue weighted by molar-refractivity contribution is -0.183. The van der Waals surface area contributed by atoms with Gasteiger partial charge in [-0.25, -0.2) is 0 Å². The van der Waals surface area contributed by atoms with E-state index in [0.29, 0.717) is 24.2 Å². The normalized spacial score (nSPS) is 57.7. The fourth-order valence-electron chi connectivity index (χ4n) is 7.15.